The van der Waals surface area contributed by atoms with Gasteiger partial charge >= 0.3 is 0 Å². The molecule has 17 heteroatoms. The maximum Gasteiger partial charge on any atom is 0.264 e. The SMILES string of the molecule is CC(=O)c1c(C)[nH]c(-c2nc3ccc(N4CCN(CCNC(=O)CNc5cccc6c5C(=O)N(C5CCC(=O)NC5=O)C6=O)CC4)cc3[nH]2)c1-c1cnn(C)c1. The number of nitrogens with zero attached hydrogens (tertiary/aromatic N) is 6. The molecule has 17 nitrogen and oxygen atoms in total. The van der Waals surface area contributed by atoms with Crippen molar-refractivity contribution in [3.63, 3.8) is 0 Å². The highest BCUT2D eigenvalue weighted by Gasteiger charge is 2.45. The number of carbonyl (C=O) groups excluding carboxylic acids is 6. The summed E-state index contributed by atoms with van der Waals surface area (Å²) in [5.74, 6) is -2.03. The molecule has 1 unspecified atom stereocenters. The number of imide groups is 2. The monoisotopic (exact) mass is 759 g/mol. The maximum absolute atomic E-state index is 13.3. The molecule has 3 aromatic heterocycles. The fourth-order valence-corrected chi connectivity index (χ4v) is 7.88. The third kappa shape index (κ3) is 6.70. The van der Waals surface area contributed by atoms with Gasteiger partial charge in [0, 0.05) is 92.7 Å². The van der Waals surface area contributed by atoms with Crippen molar-refractivity contribution >= 4 is 57.7 Å². The Bertz CT molecular complexity index is 2440. The van der Waals surface area contributed by atoms with Crippen LogP contribution < -0.4 is 20.9 Å². The molecule has 6 heterocycles. The number of aromatic amines is 2. The molecule has 3 aliphatic heterocycles. The minimum absolute atomic E-state index is 0.0320. The molecule has 2 aromatic carbocycles. The van der Waals surface area contributed by atoms with Gasteiger partial charge in [0.1, 0.15) is 6.04 Å². The summed E-state index contributed by atoms with van der Waals surface area (Å²) in [4.78, 5) is 93.1. The minimum atomic E-state index is -1.07. The van der Waals surface area contributed by atoms with Crippen LogP contribution in [0.25, 0.3) is 33.7 Å². The van der Waals surface area contributed by atoms with E-state index in [2.05, 4.69) is 52.9 Å². The molecule has 5 aromatic rings. The third-order valence-corrected chi connectivity index (χ3v) is 10.6. The molecular weight excluding hydrogens is 718 g/mol. The highest BCUT2D eigenvalue weighted by molar-refractivity contribution is 6.25. The zero-order valence-corrected chi connectivity index (χ0v) is 31.2. The van der Waals surface area contributed by atoms with Gasteiger partial charge < -0.3 is 25.5 Å². The molecule has 5 N–H and O–H groups in total. The number of aromatic nitrogens is 5. The Kier molecular flexibility index (Phi) is 9.45. The van der Waals surface area contributed by atoms with Crippen molar-refractivity contribution in [2.75, 3.05) is 56.0 Å². The molecule has 5 amide bonds. The standard InChI is InChI=1S/C39H41N11O6/c1-21-32(22(2)51)33(23-18-42-47(3)20-23)35(43-21)36-44-26-8-7-24(17-28(26)45-36)49-15-13-48(14-16-49)12-11-40-31(53)19-41-27-6-4-5-25-34(27)39(56)50(38(25)55)29-9-10-30(52)46-37(29)54/h4-8,17-18,20,29,41,43H,9-16,19H2,1-3H3,(H,40,53)(H,44,45)(H,46,52,54). The summed E-state index contributed by atoms with van der Waals surface area (Å²) in [6, 6.07) is 9.82. The first kappa shape index (κ1) is 36.4. The number of hydrogen-bond donors (Lipinski definition) is 5. The number of hydrogen-bond acceptors (Lipinski definition) is 11. The van der Waals surface area contributed by atoms with Crippen LogP contribution in [-0.2, 0) is 21.4 Å². The molecular formula is C39H41N11O6. The van der Waals surface area contributed by atoms with E-state index >= 15 is 0 Å². The number of ketones is 1. The molecule has 56 heavy (non-hydrogen) atoms. The van der Waals surface area contributed by atoms with Crippen molar-refractivity contribution in [3.05, 3.63) is 71.2 Å². The summed E-state index contributed by atoms with van der Waals surface area (Å²) in [5, 5.41) is 12.4. The normalized spacial score (nSPS) is 17.4. The van der Waals surface area contributed by atoms with Gasteiger partial charge in [0.25, 0.3) is 11.8 Å². The lowest BCUT2D eigenvalue weighted by atomic mass is 10.0. The second-order valence-corrected chi connectivity index (χ2v) is 14.3. The van der Waals surface area contributed by atoms with Crippen molar-refractivity contribution < 1.29 is 28.8 Å². The lowest BCUT2D eigenvalue weighted by Gasteiger charge is -2.36. The number of carbonyl (C=O) groups is 6. The van der Waals surface area contributed by atoms with E-state index in [9.17, 15) is 28.8 Å². The predicted molar refractivity (Wildman–Crippen MR) is 206 cm³/mol. The van der Waals surface area contributed by atoms with Gasteiger partial charge in [-0.05, 0) is 50.6 Å². The number of nitrogens with one attached hydrogen (secondary N) is 5. The Morgan fingerprint density at radius 1 is 0.982 bits per heavy atom. The third-order valence-electron chi connectivity index (χ3n) is 10.6. The number of fused-ring (bicyclic) bond motifs is 2. The molecule has 288 valence electrons. The van der Waals surface area contributed by atoms with Crippen LogP contribution in [0.5, 0.6) is 0 Å². The zero-order valence-electron chi connectivity index (χ0n) is 31.2. The number of rotatable bonds is 11. The molecule has 2 saturated heterocycles. The Balaban J connectivity index is 0.839. The average Bonchev–Trinajstić information content (AvgIpc) is 3.94. The van der Waals surface area contributed by atoms with Crippen LogP contribution in [0.4, 0.5) is 11.4 Å². The van der Waals surface area contributed by atoms with Crippen molar-refractivity contribution in [1.82, 2.24) is 45.2 Å². The minimum Gasteiger partial charge on any atom is -0.375 e. The molecule has 0 bridgehead atoms. The summed E-state index contributed by atoms with van der Waals surface area (Å²) in [6.07, 6.45) is 3.73. The first-order chi connectivity index (χ1) is 27.0. The van der Waals surface area contributed by atoms with Gasteiger partial charge in [-0.25, -0.2) is 4.98 Å². The first-order valence-electron chi connectivity index (χ1n) is 18.5. The highest BCUT2D eigenvalue weighted by Crippen LogP contribution is 2.37. The quantitative estimate of drug-likeness (QED) is 0.0974. The lowest BCUT2D eigenvalue weighted by Crippen LogP contribution is -2.54. The van der Waals surface area contributed by atoms with Gasteiger partial charge in [-0.15, -0.1) is 0 Å². The summed E-state index contributed by atoms with van der Waals surface area (Å²) in [6.45, 7) is 7.64. The van der Waals surface area contributed by atoms with Crippen LogP contribution >= 0.6 is 0 Å². The Labute approximate surface area is 320 Å². The van der Waals surface area contributed by atoms with Gasteiger partial charge in [0.2, 0.25) is 17.7 Å². The molecule has 1 atom stereocenters. The van der Waals surface area contributed by atoms with E-state index in [0.29, 0.717) is 30.2 Å². The maximum atomic E-state index is 13.3. The van der Waals surface area contributed by atoms with Gasteiger partial charge in [0.05, 0.1) is 40.6 Å². The van der Waals surface area contributed by atoms with Gasteiger partial charge in [0.15, 0.2) is 11.6 Å². The summed E-state index contributed by atoms with van der Waals surface area (Å²) in [5.41, 5.74) is 7.08. The van der Waals surface area contributed by atoms with Crippen LogP contribution in [0.15, 0.2) is 48.8 Å². The highest BCUT2D eigenvalue weighted by atomic mass is 16.2. The number of imidazole rings is 1. The summed E-state index contributed by atoms with van der Waals surface area (Å²) < 4.78 is 1.71. The molecule has 8 rings (SSSR count). The Hall–Kier alpha value is -6.62. The Morgan fingerprint density at radius 2 is 1.79 bits per heavy atom. The van der Waals surface area contributed by atoms with Crippen LogP contribution in [0.3, 0.4) is 0 Å². The number of anilines is 2. The predicted octanol–water partition coefficient (Wildman–Crippen LogP) is 2.22. The van der Waals surface area contributed by atoms with Crippen molar-refractivity contribution in [3.8, 4) is 22.6 Å². The van der Waals surface area contributed by atoms with Crippen LogP contribution in [0, 0.1) is 6.92 Å². The smallest absolute Gasteiger partial charge is 0.264 e. The fraction of sp³-hybridized carbons (Fsp3) is 0.333. The number of H-pyrrole nitrogens is 2. The second kappa shape index (κ2) is 14.6. The fourth-order valence-electron chi connectivity index (χ4n) is 7.88. The van der Waals surface area contributed by atoms with Gasteiger partial charge in [-0.1, -0.05) is 6.07 Å². The number of Topliss-reactive ketones (excluding diaryl/α,β-unsaturated/α-hetero) is 1. The molecule has 3 aliphatic rings. The van der Waals surface area contributed by atoms with E-state index in [4.69, 9.17) is 4.98 Å². The number of benzene rings is 2. The van der Waals surface area contributed by atoms with Crippen molar-refractivity contribution in [1.29, 1.82) is 0 Å². The number of piperidine rings is 1. The molecule has 2 fully saturated rings. The van der Waals surface area contributed by atoms with Crippen LogP contribution in [0.1, 0.15) is 56.5 Å². The van der Waals surface area contributed by atoms with Crippen LogP contribution in [-0.4, -0.2) is 122 Å². The van der Waals surface area contributed by atoms with Gasteiger partial charge in [-0.2, -0.15) is 5.10 Å². The molecule has 0 saturated carbocycles. The average molecular weight is 760 g/mol. The van der Waals surface area contributed by atoms with E-state index in [-0.39, 0.29) is 42.2 Å². The Morgan fingerprint density at radius 3 is 2.52 bits per heavy atom. The molecule has 0 radical (unpaired) electrons. The number of piperazine rings is 1. The van der Waals surface area contributed by atoms with E-state index in [1.54, 1.807) is 29.9 Å². The van der Waals surface area contributed by atoms with E-state index in [1.807, 2.05) is 26.2 Å². The largest absolute Gasteiger partial charge is 0.375 e. The van der Waals surface area contributed by atoms with Crippen molar-refractivity contribution in [2.45, 2.75) is 32.7 Å². The molecule has 0 spiro atoms. The van der Waals surface area contributed by atoms with Crippen LogP contribution in [0.2, 0.25) is 0 Å². The van der Waals surface area contributed by atoms with E-state index in [0.717, 1.165) is 70.3 Å². The van der Waals surface area contributed by atoms with E-state index < -0.39 is 29.7 Å². The number of amides is 5. The molecule has 0 aliphatic carbocycles. The number of aryl methyl sites for hydroxylation is 2. The lowest BCUT2D eigenvalue weighted by molar-refractivity contribution is -0.136. The van der Waals surface area contributed by atoms with E-state index in [1.165, 1.54) is 6.07 Å². The summed E-state index contributed by atoms with van der Waals surface area (Å²) >= 11 is 0. The zero-order chi connectivity index (χ0) is 39.2. The van der Waals surface area contributed by atoms with Crippen molar-refractivity contribution in [2.24, 2.45) is 7.05 Å². The first-order valence-corrected chi connectivity index (χ1v) is 18.5. The topological polar surface area (TPSA) is 211 Å². The van der Waals surface area contributed by atoms with Gasteiger partial charge in [-0.3, -0.25) is 48.6 Å². The summed E-state index contributed by atoms with van der Waals surface area (Å²) in [7, 11) is 1.84. The second-order valence-electron chi connectivity index (χ2n) is 14.3.